The fraction of sp³-hybridized carbons (Fsp3) is 0.105. The summed E-state index contributed by atoms with van der Waals surface area (Å²) in [5.74, 6) is -2.03. The first-order valence-corrected chi connectivity index (χ1v) is 7.97. The highest BCUT2D eigenvalue weighted by molar-refractivity contribution is 5.95. The zero-order valence-electron chi connectivity index (χ0n) is 14.2. The minimum Gasteiger partial charge on any atom is -0.450 e. The van der Waals surface area contributed by atoms with Crippen LogP contribution < -0.4 is 15.5 Å². The summed E-state index contributed by atoms with van der Waals surface area (Å²) in [7, 11) is 0. The van der Waals surface area contributed by atoms with Crippen molar-refractivity contribution in [2.24, 2.45) is 0 Å². The molecule has 0 saturated heterocycles. The standard InChI is InChI=1S/C19H13F2NO6/c20-19(21)27-12-7-5-11(6-8-12)22-17(24)10-26-18(25)16-9-14(23)13-3-1-2-4-15(13)28-16/h1-9,19H,10H2,(H,22,24). The number of hydrogen-bond acceptors (Lipinski definition) is 6. The van der Waals surface area contributed by atoms with Gasteiger partial charge in [0.2, 0.25) is 5.76 Å². The Morgan fingerprint density at radius 3 is 2.50 bits per heavy atom. The lowest BCUT2D eigenvalue weighted by Gasteiger charge is -2.08. The Balaban J connectivity index is 1.58. The molecule has 0 aliphatic rings. The van der Waals surface area contributed by atoms with Gasteiger partial charge >= 0.3 is 12.6 Å². The predicted molar refractivity (Wildman–Crippen MR) is 94.5 cm³/mol. The normalized spacial score (nSPS) is 10.7. The van der Waals surface area contributed by atoms with Crippen LogP contribution in [0.3, 0.4) is 0 Å². The van der Waals surface area contributed by atoms with Crippen molar-refractivity contribution in [1.29, 1.82) is 0 Å². The van der Waals surface area contributed by atoms with E-state index in [1.54, 1.807) is 18.2 Å². The molecule has 0 fully saturated rings. The summed E-state index contributed by atoms with van der Waals surface area (Å²) >= 11 is 0. The van der Waals surface area contributed by atoms with Crippen LogP contribution >= 0.6 is 0 Å². The number of alkyl halides is 2. The van der Waals surface area contributed by atoms with Crippen LogP contribution in [-0.2, 0) is 9.53 Å². The van der Waals surface area contributed by atoms with Gasteiger partial charge in [0, 0.05) is 11.8 Å². The van der Waals surface area contributed by atoms with Gasteiger partial charge in [0.15, 0.2) is 12.0 Å². The fourth-order valence-corrected chi connectivity index (χ4v) is 2.32. The van der Waals surface area contributed by atoms with Gasteiger partial charge in [-0.15, -0.1) is 0 Å². The molecule has 144 valence electrons. The molecule has 0 spiro atoms. The van der Waals surface area contributed by atoms with E-state index in [1.165, 1.54) is 30.3 Å². The SMILES string of the molecule is O=C(COC(=O)c1cc(=O)c2ccccc2o1)Nc1ccc(OC(F)F)cc1. The number of ether oxygens (including phenoxy) is 2. The van der Waals surface area contributed by atoms with Crippen LogP contribution in [0, 0.1) is 0 Å². The first kappa shape index (κ1) is 19.0. The van der Waals surface area contributed by atoms with Crippen molar-refractivity contribution < 1.29 is 32.3 Å². The summed E-state index contributed by atoms with van der Waals surface area (Å²) < 4.78 is 38.5. The Kier molecular flexibility index (Phi) is 5.64. The van der Waals surface area contributed by atoms with Crippen molar-refractivity contribution in [2.75, 3.05) is 11.9 Å². The molecule has 0 saturated carbocycles. The van der Waals surface area contributed by atoms with Gasteiger partial charge in [-0.3, -0.25) is 9.59 Å². The lowest BCUT2D eigenvalue weighted by molar-refractivity contribution is -0.119. The molecule has 7 nitrogen and oxygen atoms in total. The number of nitrogens with one attached hydrogen (secondary N) is 1. The molecular formula is C19H13F2NO6. The summed E-state index contributed by atoms with van der Waals surface area (Å²) in [5.41, 5.74) is 0.0989. The molecule has 0 aliphatic carbocycles. The summed E-state index contributed by atoms with van der Waals surface area (Å²) in [6, 6.07) is 12.6. The van der Waals surface area contributed by atoms with E-state index in [9.17, 15) is 23.2 Å². The summed E-state index contributed by atoms with van der Waals surface area (Å²) in [4.78, 5) is 35.9. The number of rotatable bonds is 6. The van der Waals surface area contributed by atoms with E-state index in [2.05, 4.69) is 10.1 Å². The van der Waals surface area contributed by atoms with Crippen LogP contribution in [-0.4, -0.2) is 25.1 Å². The number of carbonyl (C=O) groups is 2. The lowest BCUT2D eigenvalue weighted by Crippen LogP contribution is -2.21. The topological polar surface area (TPSA) is 94.8 Å². The number of para-hydroxylation sites is 1. The molecule has 0 aliphatic heterocycles. The molecule has 0 radical (unpaired) electrons. The van der Waals surface area contributed by atoms with Gasteiger partial charge in [-0.25, -0.2) is 4.79 Å². The van der Waals surface area contributed by atoms with Gasteiger partial charge in [-0.05, 0) is 36.4 Å². The van der Waals surface area contributed by atoms with Crippen LogP contribution in [0.25, 0.3) is 11.0 Å². The van der Waals surface area contributed by atoms with Crippen LogP contribution in [0.4, 0.5) is 14.5 Å². The van der Waals surface area contributed by atoms with E-state index in [0.717, 1.165) is 6.07 Å². The number of amides is 1. The van der Waals surface area contributed by atoms with Gasteiger partial charge in [-0.2, -0.15) is 8.78 Å². The zero-order chi connectivity index (χ0) is 20.1. The smallest absolute Gasteiger partial charge is 0.387 e. The average molecular weight is 389 g/mol. The number of halogens is 2. The van der Waals surface area contributed by atoms with Gasteiger partial charge < -0.3 is 19.2 Å². The quantitative estimate of drug-likeness (QED) is 0.651. The minimum absolute atomic E-state index is 0.0641. The predicted octanol–water partition coefficient (Wildman–Crippen LogP) is 3.19. The second kappa shape index (κ2) is 8.30. The van der Waals surface area contributed by atoms with Crippen molar-refractivity contribution >= 4 is 28.5 Å². The molecule has 1 aromatic heterocycles. The first-order chi connectivity index (χ1) is 13.4. The van der Waals surface area contributed by atoms with E-state index < -0.39 is 30.5 Å². The van der Waals surface area contributed by atoms with Gasteiger partial charge in [0.1, 0.15) is 11.3 Å². The van der Waals surface area contributed by atoms with Crippen LogP contribution in [0.2, 0.25) is 0 Å². The third kappa shape index (κ3) is 4.70. The maximum atomic E-state index is 12.1. The van der Waals surface area contributed by atoms with Crippen molar-refractivity contribution in [1.82, 2.24) is 0 Å². The van der Waals surface area contributed by atoms with Crippen molar-refractivity contribution in [3.63, 3.8) is 0 Å². The molecule has 28 heavy (non-hydrogen) atoms. The lowest BCUT2D eigenvalue weighted by atomic mass is 10.2. The molecule has 2 aromatic carbocycles. The highest BCUT2D eigenvalue weighted by Crippen LogP contribution is 2.17. The third-order valence-electron chi connectivity index (χ3n) is 3.53. The minimum atomic E-state index is -2.95. The monoisotopic (exact) mass is 389 g/mol. The van der Waals surface area contributed by atoms with E-state index in [4.69, 9.17) is 9.15 Å². The zero-order valence-corrected chi connectivity index (χ0v) is 14.2. The van der Waals surface area contributed by atoms with Gasteiger partial charge in [-0.1, -0.05) is 12.1 Å². The molecule has 3 rings (SSSR count). The van der Waals surface area contributed by atoms with Crippen LogP contribution in [0.5, 0.6) is 5.75 Å². The van der Waals surface area contributed by atoms with Crippen molar-refractivity contribution in [3.05, 3.63) is 70.6 Å². The summed E-state index contributed by atoms with van der Waals surface area (Å²) in [6.07, 6.45) is 0. The average Bonchev–Trinajstić information content (AvgIpc) is 2.67. The number of benzene rings is 2. The van der Waals surface area contributed by atoms with Crippen LogP contribution in [0.15, 0.2) is 63.8 Å². The van der Waals surface area contributed by atoms with E-state index >= 15 is 0 Å². The molecule has 1 N–H and O–H groups in total. The van der Waals surface area contributed by atoms with E-state index in [-0.39, 0.29) is 17.1 Å². The van der Waals surface area contributed by atoms with E-state index in [0.29, 0.717) is 11.1 Å². The number of carbonyl (C=O) groups excluding carboxylic acids is 2. The largest absolute Gasteiger partial charge is 0.450 e. The molecule has 0 atom stereocenters. The van der Waals surface area contributed by atoms with Crippen LogP contribution in [0.1, 0.15) is 10.6 Å². The summed E-state index contributed by atoms with van der Waals surface area (Å²) in [5, 5.41) is 2.73. The first-order valence-electron chi connectivity index (χ1n) is 7.97. The number of hydrogen-bond donors (Lipinski definition) is 1. The second-order valence-corrected chi connectivity index (χ2v) is 5.50. The molecule has 3 aromatic rings. The molecule has 0 bridgehead atoms. The van der Waals surface area contributed by atoms with E-state index in [1.807, 2.05) is 0 Å². The number of esters is 1. The Morgan fingerprint density at radius 1 is 1.07 bits per heavy atom. The molecule has 0 unspecified atom stereocenters. The Morgan fingerprint density at radius 2 is 1.79 bits per heavy atom. The number of anilines is 1. The van der Waals surface area contributed by atoms with Crippen molar-refractivity contribution in [2.45, 2.75) is 6.61 Å². The van der Waals surface area contributed by atoms with Gasteiger partial charge in [0.05, 0.1) is 5.39 Å². The fourth-order valence-electron chi connectivity index (χ4n) is 2.32. The Labute approximate surface area is 156 Å². The van der Waals surface area contributed by atoms with Crippen molar-refractivity contribution in [3.8, 4) is 5.75 Å². The number of fused-ring (bicyclic) bond motifs is 1. The maximum absolute atomic E-state index is 12.1. The van der Waals surface area contributed by atoms with Gasteiger partial charge in [0.25, 0.3) is 5.91 Å². The Bertz CT molecular complexity index is 1060. The second-order valence-electron chi connectivity index (χ2n) is 5.50. The Hall–Kier alpha value is -3.75. The molecule has 9 heteroatoms. The highest BCUT2D eigenvalue weighted by atomic mass is 19.3. The maximum Gasteiger partial charge on any atom is 0.387 e. The highest BCUT2D eigenvalue weighted by Gasteiger charge is 2.15. The summed E-state index contributed by atoms with van der Waals surface area (Å²) in [6.45, 7) is -3.58. The molecule has 1 heterocycles. The molecular weight excluding hydrogens is 376 g/mol. The third-order valence-corrected chi connectivity index (χ3v) is 3.53. The molecule has 1 amide bonds.